The van der Waals surface area contributed by atoms with Crippen LogP contribution in [0.15, 0.2) is 42.5 Å². The van der Waals surface area contributed by atoms with Gasteiger partial charge in [-0.1, -0.05) is 41.4 Å². The summed E-state index contributed by atoms with van der Waals surface area (Å²) in [4.78, 5) is 12.1. The van der Waals surface area contributed by atoms with Crippen LogP contribution in [0.2, 0.25) is 10.0 Å². The van der Waals surface area contributed by atoms with E-state index in [1.54, 1.807) is 24.3 Å². The molecular weight excluding hydrogens is 391 g/mol. The maximum absolute atomic E-state index is 12.3. The number of anilines is 1. The van der Waals surface area contributed by atoms with E-state index in [0.29, 0.717) is 21.5 Å². The minimum atomic E-state index is -0.996. The molecule has 0 saturated carbocycles. The standard InChI is InChI=1S/C19H22Cl2N2O2S/c1-19(2,3)26(25)12-13-5-4-6-16(9-13)23-18(24)22-11-14-7-8-15(20)10-17(14)21/h4-10H,11-12H2,1-3H3,(H2,22,23,24). The van der Waals surface area contributed by atoms with E-state index in [9.17, 15) is 9.00 Å². The SMILES string of the molecule is CC(C)(C)S(=O)Cc1cccc(NC(=O)NCc2ccc(Cl)cc2Cl)c1. The second kappa shape index (κ2) is 8.89. The van der Waals surface area contributed by atoms with Gasteiger partial charge in [-0.15, -0.1) is 0 Å². The molecule has 0 aliphatic carbocycles. The Labute approximate surface area is 166 Å². The van der Waals surface area contributed by atoms with Gasteiger partial charge in [-0.2, -0.15) is 0 Å². The van der Waals surface area contributed by atoms with Crippen LogP contribution in [-0.2, 0) is 23.1 Å². The molecule has 0 bridgehead atoms. The first-order valence-corrected chi connectivity index (χ1v) is 10.2. The summed E-state index contributed by atoms with van der Waals surface area (Å²) in [6.07, 6.45) is 0. The maximum atomic E-state index is 12.3. The minimum Gasteiger partial charge on any atom is -0.334 e. The number of hydrogen-bond donors (Lipinski definition) is 2. The quantitative estimate of drug-likeness (QED) is 0.693. The highest BCUT2D eigenvalue weighted by Gasteiger charge is 2.19. The summed E-state index contributed by atoms with van der Waals surface area (Å²) >= 11 is 12.0. The summed E-state index contributed by atoms with van der Waals surface area (Å²) in [7, 11) is -0.996. The highest BCUT2D eigenvalue weighted by molar-refractivity contribution is 7.85. The lowest BCUT2D eigenvalue weighted by atomic mass is 10.2. The van der Waals surface area contributed by atoms with E-state index >= 15 is 0 Å². The number of urea groups is 1. The van der Waals surface area contributed by atoms with E-state index in [0.717, 1.165) is 11.1 Å². The summed E-state index contributed by atoms with van der Waals surface area (Å²) in [6, 6.07) is 12.1. The molecule has 1 atom stereocenters. The molecule has 0 spiro atoms. The summed E-state index contributed by atoms with van der Waals surface area (Å²) in [5, 5.41) is 6.58. The zero-order valence-corrected chi connectivity index (χ0v) is 17.3. The van der Waals surface area contributed by atoms with Crippen molar-refractivity contribution in [3.05, 3.63) is 63.6 Å². The number of hydrogen-bond acceptors (Lipinski definition) is 2. The van der Waals surface area contributed by atoms with Gasteiger partial charge >= 0.3 is 6.03 Å². The van der Waals surface area contributed by atoms with E-state index in [1.807, 2.05) is 39.0 Å². The van der Waals surface area contributed by atoms with Crippen molar-refractivity contribution in [2.24, 2.45) is 0 Å². The Morgan fingerprint density at radius 3 is 2.50 bits per heavy atom. The van der Waals surface area contributed by atoms with Gasteiger partial charge in [0.15, 0.2) is 0 Å². The van der Waals surface area contributed by atoms with E-state index in [2.05, 4.69) is 10.6 Å². The molecule has 0 fully saturated rings. The van der Waals surface area contributed by atoms with Crippen molar-refractivity contribution in [2.45, 2.75) is 37.8 Å². The van der Waals surface area contributed by atoms with Gasteiger partial charge < -0.3 is 10.6 Å². The highest BCUT2D eigenvalue weighted by atomic mass is 35.5. The fraction of sp³-hybridized carbons (Fsp3) is 0.316. The van der Waals surface area contributed by atoms with Crippen LogP contribution >= 0.6 is 23.2 Å². The fourth-order valence-electron chi connectivity index (χ4n) is 2.12. The van der Waals surface area contributed by atoms with Gasteiger partial charge in [0.25, 0.3) is 0 Å². The summed E-state index contributed by atoms with van der Waals surface area (Å²) in [6.45, 7) is 6.12. The van der Waals surface area contributed by atoms with Crippen molar-refractivity contribution in [1.82, 2.24) is 5.32 Å². The van der Waals surface area contributed by atoms with Crippen LogP contribution in [0.5, 0.6) is 0 Å². The molecule has 0 aliphatic heterocycles. The van der Waals surface area contributed by atoms with Crippen LogP contribution in [-0.4, -0.2) is 15.0 Å². The van der Waals surface area contributed by atoms with Gasteiger partial charge in [0.2, 0.25) is 0 Å². The van der Waals surface area contributed by atoms with Gasteiger partial charge in [0, 0.05) is 43.6 Å². The maximum Gasteiger partial charge on any atom is 0.319 e. The van der Waals surface area contributed by atoms with Gasteiger partial charge in [-0.3, -0.25) is 4.21 Å². The van der Waals surface area contributed by atoms with Gasteiger partial charge in [0.05, 0.1) is 0 Å². The second-order valence-corrected chi connectivity index (χ2v) is 9.89. The van der Waals surface area contributed by atoms with Crippen molar-refractivity contribution in [2.75, 3.05) is 5.32 Å². The average Bonchev–Trinajstić information content (AvgIpc) is 2.53. The van der Waals surface area contributed by atoms with Crippen molar-refractivity contribution >= 4 is 45.7 Å². The molecule has 2 amide bonds. The van der Waals surface area contributed by atoms with Crippen LogP contribution in [0.3, 0.4) is 0 Å². The predicted octanol–water partition coefficient (Wildman–Crippen LogP) is 5.36. The minimum absolute atomic E-state index is 0.279. The van der Waals surface area contributed by atoms with Crippen molar-refractivity contribution in [3.8, 4) is 0 Å². The Bertz CT molecular complexity index is 819. The molecule has 2 aromatic carbocycles. The summed E-state index contributed by atoms with van der Waals surface area (Å²) in [5.41, 5.74) is 2.34. The van der Waals surface area contributed by atoms with E-state index in [-0.39, 0.29) is 17.3 Å². The number of nitrogens with one attached hydrogen (secondary N) is 2. The predicted molar refractivity (Wildman–Crippen MR) is 110 cm³/mol. The fourth-order valence-corrected chi connectivity index (χ4v) is 3.51. The smallest absolute Gasteiger partial charge is 0.319 e. The number of halogens is 2. The molecule has 26 heavy (non-hydrogen) atoms. The van der Waals surface area contributed by atoms with Crippen molar-refractivity contribution in [1.29, 1.82) is 0 Å². The molecule has 2 aromatic rings. The lowest BCUT2D eigenvalue weighted by molar-refractivity contribution is 0.251. The molecule has 1 unspecified atom stereocenters. The van der Waals surface area contributed by atoms with Crippen LogP contribution < -0.4 is 10.6 Å². The van der Waals surface area contributed by atoms with Crippen LogP contribution in [0.4, 0.5) is 10.5 Å². The van der Waals surface area contributed by atoms with Crippen LogP contribution in [0.1, 0.15) is 31.9 Å². The van der Waals surface area contributed by atoms with Gasteiger partial charge in [-0.25, -0.2) is 4.79 Å². The first-order chi connectivity index (χ1) is 12.1. The lowest BCUT2D eigenvalue weighted by Crippen LogP contribution is -2.28. The molecule has 7 heteroatoms. The number of benzene rings is 2. The van der Waals surface area contributed by atoms with E-state index < -0.39 is 10.8 Å². The monoisotopic (exact) mass is 412 g/mol. The van der Waals surface area contributed by atoms with Crippen LogP contribution in [0, 0.1) is 0 Å². The summed E-state index contributed by atoms with van der Waals surface area (Å²) < 4.78 is 12.0. The zero-order chi connectivity index (χ0) is 19.3. The normalized spacial score (nSPS) is 12.5. The number of carbonyl (C=O) groups is 1. The number of amides is 2. The third-order valence-electron chi connectivity index (χ3n) is 3.62. The molecule has 2 N–H and O–H groups in total. The van der Waals surface area contributed by atoms with Crippen molar-refractivity contribution < 1.29 is 9.00 Å². The Morgan fingerprint density at radius 2 is 1.85 bits per heavy atom. The first kappa shape index (κ1) is 20.7. The highest BCUT2D eigenvalue weighted by Crippen LogP contribution is 2.21. The zero-order valence-electron chi connectivity index (χ0n) is 14.9. The Morgan fingerprint density at radius 1 is 1.12 bits per heavy atom. The molecule has 0 radical (unpaired) electrons. The largest absolute Gasteiger partial charge is 0.334 e. The van der Waals surface area contributed by atoms with Gasteiger partial charge in [0.1, 0.15) is 0 Å². The first-order valence-electron chi connectivity index (χ1n) is 8.11. The molecule has 2 rings (SSSR count). The van der Waals surface area contributed by atoms with Gasteiger partial charge in [-0.05, 0) is 56.2 Å². The number of rotatable bonds is 5. The lowest BCUT2D eigenvalue weighted by Gasteiger charge is -2.18. The third-order valence-corrected chi connectivity index (χ3v) is 6.17. The van der Waals surface area contributed by atoms with E-state index in [1.165, 1.54) is 0 Å². The molecule has 0 heterocycles. The number of carbonyl (C=O) groups excluding carboxylic acids is 1. The molecule has 0 saturated heterocycles. The van der Waals surface area contributed by atoms with Crippen molar-refractivity contribution in [3.63, 3.8) is 0 Å². The molecule has 140 valence electrons. The second-order valence-electron chi connectivity index (χ2n) is 6.85. The molecular formula is C19H22Cl2N2O2S. The van der Waals surface area contributed by atoms with E-state index in [4.69, 9.17) is 23.2 Å². The molecule has 0 aliphatic rings. The topological polar surface area (TPSA) is 58.2 Å². The third kappa shape index (κ3) is 6.31. The molecule has 4 nitrogen and oxygen atoms in total. The van der Waals surface area contributed by atoms with Crippen LogP contribution in [0.25, 0.3) is 0 Å². The molecule has 0 aromatic heterocycles. The Hall–Kier alpha value is -1.56. The Balaban J connectivity index is 1.94. The Kier molecular flexibility index (Phi) is 7.09. The summed E-state index contributed by atoms with van der Waals surface area (Å²) in [5.74, 6) is 0.445. The average molecular weight is 413 g/mol.